The van der Waals surface area contributed by atoms with E-state index < -0.39 is 28.9 Å². The first kappa shape index (κ1) is 14.5. The Morgan fingerprint density at radius 1 is 1.18 bits per heavy atom. The smallest absolute Gasteiger partial charge is 0.262 e. The Kier molecular flexibility index (Phi) is 3.94. The van der Waals surface area contributed by atoms with Gasteiger partial charge in [0.05, 0.1) is 10.7 Å². The van der Waals surface area contributed by atoms with Crippen LogP contribution in [0, 0.1) is 0 Å². The van der Waals surface area contributed by atoms with Gasteiger partial charge in [0.2, 0.25) is 10.0 Å². The monoisotopic (exact) mass is 318 g/mol. The number of rotatable bonds is 3. The van der Waals surface area contributed by atoms with Gasteiger partial charge in [0.1, 0.15) is 9.79 Å². The first-order valence-electron chi connectivity index (χ1n) is 4.07. The molecule has 0 spiro atoms. The number of halogens is 2. The molecule has 0 unspecified atom stereocenters. The number of nitrogens with two attached hydrogens (primary N) is 1. The van der Waals surface area contributed by atoms with Gasteiger partial charge in [-0.2, -0.15) is 0 Å². The molecule has 0 amide bonds. The molecule has 0 aromatic heterocycles. The van der Waals surface area contributed by atoms with Crippen molar-refractivity contribution in [2.24, 2.45) is 0 Å². The van der Waals surface area contributed by atoms with Crippen LogP contribution >= 0.6 is 22.3 Å². The molecule has 0 aliphatic heterocycles. The van der Waals surface area contributed by atoms with Gasteiger partial charge in [-0.3, -0.25) is 0 Å². The summed E-state index contributed by atoms with van der Waals surface area (Å²) < 4.78 is 47.4. The summed E-state index contributed by atoms with van der Waals surface area (Å²) in [6.07, 6.45) is 0. The highest BCUT2D eigenvalue weighted by Gasteiger charge is 2.23. The molecule has 6 nitrogen and oxygen atoms in total. The minimum Gasteiger partial charge on any atom is -0.398 e. The summed E-state index contributed by atoms with van der Waals surface area (Å²) in [5.41, 5.74) is 5.28. The highest BCUT2D eigenvalue weighted by Crippen LogP contribution is 2.31. The summed E-state index contributed by atoms with van der Waals surface area (Å²) in [7, 11) is -1.76. The van der Waals surface area contributed by atoms with E-state index in [4.69, 9.17) is 28.0 Å². The van der Waals surface area contributed by atoms with Gasteiger partial charge in [-0.25, -0.2) is 21.6 Å². The van der Waals surface area contributed by atoms with Crippen LogP contribution in [0.15, 0.2) is 21.9 Å². The second kappa shape index (κ2) is 4.62. The van der Waals surface area contributed by atoms with Gasteiger partial charge in [-0.15, -0.1) is 0 Å². The lowest BCUT2D eigenvalue weighted by atomic mass is 10.3. The zero-order valence-electron chi connectivity index (χ0n) is 8.44. The topological polar surface area (TPSA) is 106 Å². The second-order valence-corrected chi connectivity index (χ2v) is 7.76. The van der Waals surface area contributed by atoms with E-state index in [1.807, 2.05) is 4.72 Å². The number of benzene rings is 1. The Bertz CT molecular complexity index is 655. The van der Waals surface area contributed by atoms with Crippen molar-refractivity contribution in [3.05, 3.63) is 17.2 Å². The summed E-state index contributed by atoms with van der Waals surface area (Å²) in [6, 6.07) is 1.83. The molecule has 0 radical (unpaired) electrons. The first-order valence-corrected chi connectivity index (χ1v) is 8.24. The van der Waals surface area contributed by atoms with E-state index in [9.17, 15) is 16.8 Å². The van der Waals surface area contributed by atoms with Crippen LogP contribution in [-0.2, 0) is 19.1 Å². The van der Waals surface area contributed by atoms with Crippen LogP contribution in [0.2, 0.25) is 5.02 Å². The third kappa shape index (κ3) is 3.02. The quantitative estimate of drug-likeness (QED) is 0.632. The molecule has 0 saturated heterocycles. The van der Waals surface area contributed by atoms with E-state index in [0.717, 1.165) is 19.2 Å². The number of hydrogen-bond acceptors (Lipinski definition) is 5. The van der Waals surface area contributed by atoms with Gasteiger partial charge in [0.15, 0.2) is 0 Å². The van der Waals surface area contributed by atoms with E-state index >= 15 is 0 Å². The Morgan fingerprint density at radius 2 is 1.71 bits per heavy atom. The van der Waals surface area contributed by atoms with Crippen LogP contribution in [-0.4, -0.2) is 23.9 Å². The van der Waals surface area contributed by atoms with Crippen LogP contribution in [0.5, 0.6) is 0 Å². The third-order valence-electron chi connectivity index (χ3n) is 1.89. The molecule has 0 fully saturated rings. The van der Waals surface area contributed by atoms with Gasteiger partial charge < -0.3 is 5.73 Å². The fourth-order valence-electron chi connectivity index (χ4n) is 1.08. The van der Waals surface area contributed by atoms with Crippen LogP contribution in [0.4, 0.5) is 5.69 Å². The minimum atomic E-state index is -4.15. The van der Waals surface area contributed by atoms with Gasteiger partial charge >= 0.3 is 0 Å². The Labute approximate surface area is 108 Å². The van der Waals surface area contributed by atoms with E-state index in [1.165, 1.54) is 0 Å². The van der Waals surface area contributed by atoms with Crippen LogP contribution < -0.4 is 10.5 Å². The molecule has 0 aliphatic rings. The maximum absolute atomic E-state index is 11.5. The molecular formula is C7H8Cl2N2O4S2. The molecule has 17 heavy (non-hydrogen) atoms. The Morgan fingerprint density at radius 3 is 2.12 bits per heavy atom. The predicted molar refractivity (Wildman–Crippen MR) is 65.1 cm³/mol. The standard InChI is InChI=1S/C7H8Cl2N2O4S2/c1-11-17(14,15)7-3-6(16(9,12)13)4(8)2-5(7)10/h2-3,11H,10H2,1H3. The number of sulfonamides is 1. The molecule has 1 aromatic rings. The average molecular weight is 319 g/mol. The van der Waals surface area contributed by atoms with E-state index in [0.29, 0.717) is 0 Å². The molecule has 0 saturated carbocycles. The zero-order valence-corrected chi connectivity index (χ0v) is 11.6. The Balaban J connectivity index is 3.68. The van der Waals surface area contributed by atoms with Gasteiger partial charge in [-0.05, 0) is 19.2 Å². The van der Waals surface area contributed by atoms with Crippen molar-refractivity contribution in [2.75, 3.05) is 12.8 Å². The molecule has 0 bridgehead atoms. The van der Waals surface area contributed by atoms with E-state index in [2.05, 4.69) is 0 Å². The number of anilines is 1. The zero-order chi connectivity index (χ0) is 13.4. The largest absolute Gasteiger partial charge is 0.398 e. The lowest BCUT2D eigenvalue weighted by Gasteiger charge is -2.09. The molecule has 10 heteroatoms. The highest BCUT2D eigenvalue weighted by atomic mass is 35.7. The van der Waals surface area contributed by atoms with Gasteiger partial charge in [0, 0.05) is 10.7 Å². The highest BCUT2D eigenvalue weighted by molar-refractivity contribution is 8.13. The molecule has 1 rings (SSSR count). The van der Waals surface area contributed by atoms with Crippen LogP contribution in [0.25, 0.3) is 0 Å². The fourth-order valence-corrected chi connectivity index (χ4v) is 3.55. The lowest BCUT2D eigenvalue weighted by molar-refractivity contribution is 0.588. The maximum atomic E-state index is 11.5. The van der Waals surface area contributed by atoms with E-state index in [1.54, 1.807) is 0 Å². The van der Waals surface area contributed by atoms with Crippen molar-refractivity contribution in [1.82, 2.24) is 4.72 Å². The summed E-state index contributed by atoms with van der Waals surface area (Å²) in [5, 5.41) is -0.243. The number of hydrogen-bond donors (Lipinski definition) is 2. The van der Waals surface area contributed by atoms with Crippen LogP contribution in [0.3, 0.4) is 0 Å². The van der Waals surface area contributed by atoms with Crippen molar-refractivity contribution in [3.63, 3.8) is 0 Å². The van der Waals surface area contributed by atoms with Crippen molar-refractivity contribution >= 4 is 47.0 Å². The third-order valence-corrected chi connectivity index (χ3v) is 5.14. The van der Waals surface area contributed by atoms with Crippen molar-refractivity contribution in [1.29, 1.82) is 0 Å². The number of nitrogens with one attached hydrogen (secondary N) is 1. The van der Waals surface area contributed by atoms with Gasteiger partial charge in [-0.1, -0.05) is 11.6 Å². The minimum absolute atomic E-state index is 0.173. The fraction of sp³-hybridized carbons (Fsp3) is 0.143. The van der Waals surface area contributed by atoms with Crippen LogP contribution in [0.1, 0.15) is 0 Å². The summed E-state index contributed by atoms with van der Waals surface area (Å²) in [4.78, 5) is -0.910. The first-order chi connectivity index (χ1) is 7.59. The normalized spacial score (nSPS) is 12.6. The number of nitrogen functional groups attached to an aromatic ring is 1. The SMILES string of the molecule is CNS(=O)(=O)c1cc(S(=O)(=O)Cl)c(Cl)cc1N. The van der Waals surface area contributed by atoms with Gasteiger partial charge in [0.25, 0.3) is 9.05 Å². The lowest BCUT2D eigenvalue weighted by Crippen LogP contribution is -2.20. The van der Waals surface area contributed by atoms with Crippen molar-refractivity contribution < 1.29 is 16.8 Å². The van der Waals surface area contributed by atoms with Crippen molar-refractivity contribution in [2.45, 2.75) is 9.79 Å². The molecule has 96 valence electrons. The van der Waals surface area contributed by atoms with Crippen molar-refractivity contribution in [3.8, 4) is 0 Å². The Hall–Kier alpha value is -0.540. The van der Waals surface area contributed by atoms with E-state index in [-0.39, 0.29) is 10.7 Å². The molecule has 0 atom stereocenters. The predicted octanol–water partition coefficient (Wildman–Crippen LogP) is 0.758. The average Bonchev–Trinajstić information content (AvgIpc) is 2.15. The summed E-state index contributed by atoms with van der Waals surface area (Å²) in [5.74, 6) is 0. The summed E-state index contributed by atoms with van der Waals surface area (Å²) in [6.45, 7) is 0. The maximum Gasteiger partial charge on any atom is 0.262 e. The molecule has 1 aromatic carbocycles. The molecule has 3 N–H and O–H groups in total. The molecular weight excluding hydrogens is 311 g/mol. The second-order valence-electron chi connectivity index (χ2n) is 2.97. The molecule has 0 heterocycles. The molecule has 0 aliphatic carbocycles. The summed E-state index contributed by atoms with van der Waals surface area (Å²) >= 11 is 5.62.